The number of aliphatic carboxylic acids is 1. The molecule has 0 spiro atoms. The number of ether oxygens (including phenoxy) is 1. The van der Waals surface area contributed by atoms with Gasteiger partial charge in [-0.15, -0.1) is 0 Å². The van der Waals surface area contributed by atoms with E-state index in [4.69, 9.17) is 9.84 Å². The zero-order valence-corrected chi connectivity index (χ0v) is 9.67. The van der Waals surface area contributed by atoms with Gasteiger partial charge in [0.25, 0.3) is 0 Å². The highest BCUT2D eigenvalue weighted by Gasteiger charge is 2.28. The number of hydrogen-bond donors (Lipinski definition) is 2. The van der Waals surface area contributed by atoms with Crippen LogP contribution in [0.15, 0.2) is 6.20 Å². The van der Waals surface area contributed by atoms with Crippen LogP contribution in [0.25, 0.3) is 0 Å². The number of hydrogen-bond acceptors (Lipinski definition) is 4. The molecule has 0 aliphatic carbocycles. The first kappa shape index (κ1) is 12.1. The van der Waals surface area contributed by atoms with Crippen LogP contribution in [0.2, 0.25) is 0 Å². The molecular weight excluding hydrogens is 224 g/mol. The van der Waals surface area contributed by atoms with Crippen molar-refractivity contribution in [3.8, 4) is 0 Å². The molecule has 6 heteroatoms. The lowest BCUT2D eigenvalue weighted by Crippen LogP contribution is -2.18. The van der Waals surface area contributed by atoms with Gasteiger partial charge in [-0.25, -0.2) is 4.79 Å². The Balaban J connectivity index is 2.29. The highest BCUT2D eigenvalue weighted by molar-refractivity contribution is 5.74. The molecule has 1 aromatic heterocycles. The maximum atomic E-state index is 10.8. The largest absolute Gasteiger partial charge is 0.479 e. The topological polar surface area (TPSA) is 84.6 Å². The molecule has 1 fully saturated rings. The second-order valence-corrected chi connectivity index (χ2v) is 4.27. The number of carboxylic acids is 1. The standard InChI is InChI=1S/C11H16N2O4/c1-13-6-8(10(14)11(15)16)9(12-13)7-2-4-17-5-3-7/h6-7,10,14H,2-5H2,1H3,(H,15,16). The van der Waals surface area contributed by atoms with Gasteiger partial charge in [-0.3, -0.25) is 4.68 Å². The maximum absolute atomic E-state index is 10.8. The summed E-state index contributed by atoms with van der Waals surface area (Å²) >= 11 is 0. The smallest absolute Gasteiger partial charge is 0.337 e. The molecule has 0 aromatic carbocycles. The van der Waals surface area contributed by atoms with Crippen LogP contribution in [-0.4, -0.2) is 39.2 Å². The number of nitrogens with zero attached hydrogens (tertiary/aromatic N) is 2. The van der Waals surface area contributed by atoms with E-state index in [1.54, 1.807) is 17.9 Å². The fourth-order valence-corrected chi connectivity index (χ4v) is 2.16. The Kier molecular flexibility index (Phi) is 3.44. The van der Waals surface area contributed by atoms with Gasteiger partial charge in [-0.05, 0) is 12.8 Å². The van der Waals surface area contributed by atoms with Crippen molar-refractivity contribution in [2.75, 3.05) is 13.2 Å². The fraction of sp³-hybridized carbons (Fsp3) is 0.636. The van der Waals surface area contributed by atoms with Crippen molar-refractivity contribution in [3.05, 3.63) is 17.5 Å². The van der Waals surface area contributed by atoms with E-state index in [0.717, 1.165) is 12.8 Å². The van der Waals surface area contributed by atoms with Gasteiger partial charge in [-0.2, -0.15) is 5.10 Å². The van der Waals surface area contributed by atoms with E-state index in [1.807, 2.05) is 0 Å². The molecule has 2 rings (SSSR count). The van der Waals surface area contributed by atoms with Gasteiger partial charge in [0.1, 0.15) is 0 Å². The highest BCUT2D eigenvalue weighted by Crippen LogP contribution is 2.31. The molecule has 0 amide bonds. The normalized spacial score (nSPS) is 19.2. The molecule has 0 radical (unpaired) electrons. The summed E-state index contributed by atoms with van der Waals surface area (Å²) in [7, 11) is 1.72. The van der Waals surface area contributed by atoms with Crippen molar-refractivity contribution in [1.82, 2.24) is 9.78 Å². The summed E-state index contributed by atoms with van der Waals surface area (Å²) in [6, 6.07) is 0. The molecule has 0 bridgehead atoms. The summed E-state index contributed by atoms with van der Waals surface area (Å²) in [6.45, 7) is 1.31. The molecule has 1 aromatic rings. The van der Waals surface area contributed by atoms with E-state index in [1.165, 1.54) is 0 Å². The predicted octanol–water partition coefficient (Wildman–Crippen LogP) is 0.432. The number of rotatable bonds is 3. The third-order valence-corrected chi connectivity index (χ3v) is 3.02. The first-order valence-corrected chi connectivity index (χ1v) is 5.61. The number of aryl methyl sites for hydroxylation is 1. The minimum Gasteiger partial charge on any atom is -0.479 e. The maximum Gasteiger partial charge on any atom is 0.337 e. The monoisotopic (exact) mass is 240 g/mol. The highest BCUT2D eigenvalue weighted by atomic mass is 16.5. The van der Waals surface area contributed by atoms with Crippen LogP contribution in [0.3, 0.4) is 0 Å². The Morgan fingerprint density at radius 3 is 2.82 bits per heavy atom. The summed E-state index contributed by atoms with van der Waals surface area (Å²) in [5.74, 6) is -1.07. The molecule has 1 aliphatic heterocycles. The van der Waals surface area contributed by atoms with E-state index in [2.05, 4.69) is 5.10 Å². The second kappa shape index (κ2) is 4.85. The minimum absolute atomic E-state index is 0.175. The molecule has 2 heterocycles. The van der Waals surface area contributed by atoms with E-state index < -0.39 is 12.1 Å². The average molecular weight is 240 g/mol. The summed E-state index contributed by atoms with van der Waals surface area (Å²) in [4.78, 5) is 10.8. The molecule has 2 N–H and O–H groups in total. The van der Waals surface area contributed by atoms with E-state index in [-0.39, 0.29) is 5.92 Å². The molecule has 6 nitrogen and oxygen atoms in total. The molecule has 1 aliphatic rings. The first-order chi connectivity index (χ1) is 8.09. The molecule has 0 saturated carbocycles. The number of carboxylic acid groups (broad SMARTS) is 1. The lowest BCUT2D eigenvalue weighted by Gasteiger charge is -2.21. The van der Waals surface area contributed by atoms with Crippen LogP contribution in [0, 0.1) is 0 Å². The van der Waals surface area contributed by atoms with Gasteiger partial charge in [-0.1, -0.05) is 0 Å². The number of aliphatic hydroxyl groups excluding tert-OH is 1. The molecule has 1 saturated heterocycles. The summed E-state index contributed by atoms with van der Waals surface area (Å²) in [5, 5.41) is 22.8. The van der Waals surface area contributed by atoms with Crippen molar-refractivity contribution < 1.29 is 19.7 Å². The SMILES string of the molecule is Cn1cc(C(O)C(=O)O)c(C2CCOCC2)n1. The zero-order chi connectivity index (χ0) is 12.4. The lowest BCUT2D eigenvalue weighted by atomic mass is 9.92. The second-order valence-electron chi connectivity index (χ2n) is 4.27. The van der Waals surface area contributed by atoms with Crippen LogP contribution in [-0.2, 0) is 16.6 Å². The Hall–Kier alpha value is -1.40. The van der Waals surface area contributed by atoms with Crippen LogP contribution in [0.1, 0.15) is 36.1 Å². The van der Waals surface area contributed by atoms with Gasteiger partial charge in [0.05, 0.1) is 5.69 Å². The van der Waals surface area contributed by atoms with Crippen LogP contribution in [0.4, 0.5) is 0 Å². The number of aromatic nitrogens is 2. The van der Waals surface area contributed by atoms with Gasteiger partial charge >= 0.3 is 5.97 Å². The van der Waals surface area contributed by atoms with Gasteiger partial charge in [0.2, 0.25) is 0 Å². The fourth-order valence-electron chi connectivity index (χ4n) is 2.16. The Morgan fingerprint density at radius 2 is 2.24 bits per heavy atom. The number of carbonyl (C=O) groups is 1. The van der Waals surface area contributed by atoms with E-state index >= 15 is 0 Å². The third-order valence-electron chi connectivity index (χ3n) is 3.02. The van der Waals surface area contributed by atoms with Crippen LogP contribution < -0.4 is 0 Å². The lowest BCUT2D eigenvalue weighted by molar-refractivity contribution is -0.147. The predicted molar refractivity (Wildman–Crippen MR) is 58.6 cm³/mol. The Bertz CT molecular complexity index is 410. The van der Waals surface area contributed by atoms with Gasteiger partial charge < -0.3 is 14.9 Å². The van der Waals surface area contributed by atoms with Gasteiger partial charge in [0, 0.05) is 37.9 Å². The van der Waals surface area contributed by atoms with Crippen LogP contribution in [0.5, 0.6) is 0 Å². The molecule has 1 atom stereocenters. The average Bonchev–Trinajstić information content (AvgIpc) is 2.71. The van der Waals surface area contributed by atoms with Gasteiger partial charge in [0.15, 0.2) is 6.10 Å². The first-order valence-electron chi connectivity index (χ1n) is 5.61. The van der Waals surface area contributed by atoms with E-state index in [9.17, 15) is 9.90 Å². The Labute approximate surface area is 98.8 Å². The quantitative estimate of drug-likeness (QED) is 0.800. The third kappa shape index (κ3) is 2.48. The van der Waals surface area contributed by atoms with Crippen molar-refractivity contribution in [1.29, 1.82) is 0 Å². The molecule has 94 valence electrons. The summed E-state index contributed by atoms with van der Waals surface area (Å²) < 4.78 is 6.81. The summed E-state index contributed by atoms with van der Waals surface area (Å²) in [6.07, 6.45) is 1.71. The zero-order valence-electron chi connectivity index (χ0n) is 9.67. The van der Waals surface area contributed by atoms with Crippen molar-refractivity contribution in [3.63, 3.8) is 0 Å². The van der Waals surface area contributed by atoms with Crippen molar-refractivity contribution in [2.24, 2.45) is 7.05 Å². The molecule has 17 heavy (non-hydrogen) atoms. The van der Waals surface area contributed by atoms with Crippen molar-refractivity contribution >= 4 is 5.97 Å². The Morgan fingerprint density at radius 1 is 1.59 bits per heavy atom. The molecular formula is C11H16N2O4. The molecule has 1 unspecified atom stereocenters. The van der Waals surface area contributed by atoms with Crippen LogP contribution >= 0.6 is 0 Å². The number of aliphatic hydroxyl groups is 1. The van der Waals surface area contributed by atoms with Crippen molar-refractivity contribution in [2.45, 2.75) is 24.9 Å². The minimum atomic E-state index is -1.50. The van der Waals surface area contributed by atoms with E-state index in [0.29, 0.717) is 24.5 Å². The summed E-state index contributed by atoms with van der Waals surface area (Å²) in [5.41, 5.74) is 1.08.